The molecule has 1 unspecified atom stereocenters. The van der Waals surface area contributed by atoms with Crippen molar-refractivity contribution in [3.05, 3.63) is 18.0 Å². The van der Waals surface area contributed by atoms with Crippen molar-refractivity contribution in [2.24, 2.45) is 0 Å². The van der Waals surface area contributed by atoms with Crippen molar-refractivity contribution in [2.75, 3.05) is 23.7 Å². The summed E-state index contributed by atoms with van der Waals surface area (Å²) in [6.07, 6.45) is 5.80. The molecular formula is C13H21N3S. The van der Waals surface area contributed by atoms with Crippen LogP contribution in [-0.2, 0) is 0 Å². The largest absolute Gasteiger partial charge is 0.340 e. The van der Waals surface area contributed by atoms with Crippen molar-refractivity contribution in [3.63, 3.8) is 0 Å². The lowest BCUT2D eigenvalue weighted by Gasteiger charge is -2.24. The first-order valence-corrected chi connectivity index (χ1v) is 7.50. The molecule has 2 rings (SSSR count). The molecule has 0 spiro atoms. The lowest BCUT2D eigenvalue weighted by Crippen LogP contribution is -2.31. The molecule has 94 valence electrons. The maximum absolute atomic E-state index is 4.54. The molecule has 0 aliphatic carbocycles. The highest BCUT2D eigenvalue weighted by atomic mass is 32.2. The molecule has 1 aromatic heterocycles. The van der Waals surface area contributed by atoms with Crippen molar-refractivity contribution >= 4 is 17.7 Å². The van der Waals surface area contributed by atoms with Crippen LogP contribution in [0.1, 0.15) is 31.9 Å². The number of hydrogen-bond acceptors (Lipinski definition) is 4. The van der Waals surface area contributed by atoms with Gasteiger partial charge in [0.2, 0.25) is 5.95 Å². The zero-order chi connectivity index (χ0) is 12.1. The van der Waals surface area contributed by atoms with Crippen LogP contribution in [0, 0.1) is 6.92 Å². The molecule has 1 aliphatic heterocycles. The van der Waals surface area contributed by atoms with Gasteiger partial charge in [0.15, 0.2) is 0 Å². The zero-order valence-corrected chi connectivity index (χ0v) is 11.5. The van der Waals surface area contributed by atoms with Crippen LogP contribution >= 0.6 is 11.8 Å². The van der Waals surface area contributed by atoms with E-state index < -0.39 is 0 Å². The first-order valence-electron chi connectivity index (χ1n) is 6.46. The first-order chi connectivity index (χ1) is 8.29. The van der Waals surface area contributed by atoms with E-state index in [0.29, 0.717) is 0 Å². The molecule has 1 aromatic rings. The fourth-order valence-electron chi connectivity index (χ4n) is 2.24. The smallest absolute Gasteiger partial charge is 0.225 e. The standard InChI is InChI=1S/C13H21N3S/c1-3-17-12-6-4-5-9-16(10-12)13-14-8-7-11(2)15-13/h7-8,12H,3-6,9-10H2,1-2H3. The molecule has 0 bridgehead atoms. The number of rotatable bonds is 3. The van der Waals surface area contributed by atoms with E-state index in [9.17, 15) is 0 Å². The third-order valence-corrected chi connectivity index (χ3v) is 4.28. The van der Waals surface area contributed by atoms with E-state index in [1.165, 1.54) is 25.0 Å². The summed E-state index contributed by atoms with van der Waals surface area (Å²) in [6, 6.07) is 1.96. The Morgan fingerprint density at radius 1 is 1.47 bits per heavy atom. The number of thioether (sulfide) groups is 1. The number of aryl methyl sites for hydroxylation is 1. The van der Waals surface area contributed by atoms with Gasteiger partial charge in [0.05, 0.1) is 0 Å². The highest BCUT2D eigenvalue weighted by molar-refractivity contribution is 7.99. The summed E-state index contributed by atoms with van der Waals surface area (Å²) in [5.41, 5.74) is 1.05. The van der Waals surface area contributed by atoms with Crippen molar-refractivity contribution in [1.29, 1.82) is 0 Å². The molecule has 0 saturated carbocycles. The number of aromatic nitrogens is 2. The van der Waals surface area contributed by atoms with Gasteiger partial charge in [-0.15, -0.1) is 0 Å². The summed E-state index contributed by atoms with van der Waals surface area (Å²) in [5.74, 6) is 2.11. The molecule has 3 nitrogen and oxygen atoms in total. The Hall–Kier alpha value is -0.770. The Labute approximate surface area is 108 Å². The van der Waals surface area contributed by atoms with E-state index in [-0.39, 0.29) is 0 Å². The molecule has 1 fully saturated rings. The second-order valence-electron chi connectivity index (χ2n) is 4.52. The topological polar surface area (TPSA) is 29.0 Å². The Balaban J connectivity index is 2.08. The third kappa shape index (κ3) is 3.60. The second-order valence-corrected chi connectivity index (χ2v) is 6.09. The fraction of sp³-hybridized carbons (Fsp3) is 0.692. The van der Waals surface area contributed by atoms with Gasteiger partial charge < -0.3 is 4.90 Å². The van der Waals surface area contributed by atoms with E-state index >= 15 is 0 Å². The van der Waals surface area contributed by atoms with Crippen molar-refractivity contribution in [2.45, 2.75) is 38.4 Å². The molecule has 2 heterocycles. The predicted molar refractivity (Wildman–Crippen MR) is 74.8 cm³/mol. The van der Waals surface area contributed by atoms with E-state index in [1.54, 1.807) is 0 Å². The predicted octanol–water partition coefficient (Wildman–Crippen LogP) is 2.90. The quantitative estimate of drug-likeness (QED) is 0.826. The summed E-state index contributed by atoms with van der Waals surface area (Å²) < 4.78 is 0. The Morgan fingerprint density at radius 3 is 3.12 bits per heavy atom. The summed E-state index contributed by atoms with van der Waals surface area (Å²) in [4.78, 5) is 11.3. The molecular weight excluding hydrogens is 230 g/mol. The number of anilines is 1. The van der Waals surface area contributed by atoms with Gasteiger partial charge >= 0.3 is 0 Å². The van der Waals surface area contributed by atoms with Gasteiger partial charge in [-0.1, -0.05) is 13.3 Å². The summed E-state index contributed by atoms with van der Waals surface area (Å²) in [7, 11) is 0. The molecule has 1 saturated heterocycles. The summed E-state index contributed by atoms with van der Waals surface area (Å²) in [6.45, 7) is 6.47. The average Bonchev–Trinajstić information content (AvgIpc) is 2.55. The van der Waals surface area contributed by atoms with Gasteiger partial charge in [0, 0.05) is 30.2 Å². The second kappa shape index (κ2) is 6.24. The van der Waals surface area contributed by atoms with Crippen LogP contribution in [0.4, 0.5) is 5.95 Å². The minimum absolute atomic E-state index is 0.742. The number of nitrogens with zero attached hydrogens (tertiary/aromatic N) is 3. The van der Waals surface area contributed by atoms with Gasteiger partial charge in [-0.2, -0.15) is 11.8 Å². The van der Waals surface area contributed by atoms with Crippen molar-refractivity contribution in [1.82, 2.24) is 9.97 Å². The maximum atomic E-state index is 4.54. The Morgan fingerprint density at radius 2 is 2.35 bits per heavy atom. The van der Waals surface area contributed by atoms with Crippen LogP contribution in [0.3, 0.4) is 0 Å². The molecule has 1 aliphatic rings. The highest BCUT2D eigenvalue weighted by Crippen LogP contribution is 2.23. The van der Waals surface area contributed by atoms with E-state index in [4.69, 9.17) is 0 Å². The summed E-state index contributed by atoms with van der Waals surface area (Å²) >= 11 is 2.07. The fourth-order valence-corrected chi connectivity index (χ4v) is 3.33. The zero-order valence-electron chi connectivity index (χ0n) is 10.7. The third-order valence-electron chi connectivity index (χ3n) is 3.10. The van der Waals surface area contributed by atoms with E-state index in [0.717, 1.165) is 30.0 Å². The van der Waals surface area contributed by atoms with Crippen LogP contribution in [0.5, 0.6) is 0 Å². The van der Waals surface area contributed by atoms with E-state index in [1.807, 2.05) is 19.2 Å². The maximum Gasteiger partial charge on any atom is 0.225 e. The van der Waals surface area contributed by atoms with Crippen LogP contribution in [-0.4, -0.2) is 34.1 Å². The average molecular weight is 251 g/mol. The monoisotopic (exact) mass is 251 g/mol. The summed E-state index contributed by atoms with van der Waals surface area (Å²) in [5, 5.41) is 0.742. The van der Waals surface area contributed by atoms with Crippen LogP contribution in [0.15, 0.2) is 12.3 Å². The highest BCUT2D eigenvalue weighted by Gasteiger charge is 2.19. The van der Waals surface area contributed by atoms with Crippen LogP contribution in [0.2, 0.25) is 0 Å². The van der Waals surface area contributed by atoms with Gasteiger partial charge in [0.25, 0.3) is 0 Å². The van der Waals surface area contributed by atoms with Gasteiger partial charge in [0.1, 0.15) is 0 Å². The normalized spacial score (nSPS) is 21.3. The minimum atomic E-state index is 0.742. The molecule has 0 amide bonds. The van der Waals surface area contributed by atoms with Crippen molar-refractivity contribution in [3.8, 4) is 0 Å². The van der Waals surface area contributed by atoms with Gasteiger partial charge in [-0.3, -0.25) is 0 Å². The molecule has 0 radical (unpaired) electrons. The molecule has 4 heteroatoms. The molecule has 17 heavy (non-hydrogen) atoms. The Bertz CT molecular complexity index is 356. The van der Waals surface area contributed by atoms with Crippen LogP contribution in [0.25, 0.3) is 0 Å². The molecule has 1 atom stereocenters. The van der Waals surface area contributed by atoms with Gasteiger partial charge in [-0.25, -0.2) is 9.97 Å². The SMILES string of the molecule is CCSC1CCCCN(c2nccc(C)n2)C1. The molecule has 0 aromatic carbocycles. The lowest BCUT2D eigenvalue weighted by molar-refractivity contribution is 0.735. The lowest BCUT2D eigenvalue weighted by atomic mass is 10.2. The van der Waals surface area contributed by atoms with Crippen LogP contribution < -0.4 is 4.90 Å². The first kappa shape index (κ1) is 12.7. The van der Waals surface area contributed by atoms with Gasteiger partial charge in [-0.05, 0) is 31.6 Å². The molecule has 0 N–H and O–H groups in total. The number of hydrogen-bond donors (Lipinski definition) is 0. The minimum Gasteiger partial charge on any atom is -0.340 e. The Kier molecular flexibility index (Phi) is 4.66. The van der Waals surface area contributed by atoms with Crippen molar-refractivity contribution < 1.29 is 0 Å². The van der Waals surface area contributed by atoms with E-state index in [2.05, 4.69) is 33.6 Å².